The van der Waals surface area contributed by atoms with Crippen LogP contribution < -0.4 is 22.1 Å². The van der Waals surface area contributed by atoms with Gasteiger partial charge in [-0.3, -0.25) is 5.41 Å². The third kappa shape index (κ3) is 17.5. The summed E-state index contributed by atoms with van der Waals surface area (Å²) in [5, 5.41) is 11.8. The molecule has 0 aliphatic heterocycles. The smallest absolute Gasteiger partial charge is 0.407 e. The molecule has 0 unspecified atom stereocenters. The summed E-state index contributed by atoms with van der Waals surface area (Å²) in [6, 6.07) is 7.33. The molecule has 1 rings (SSSR count). The number of amides is 1. The van der Waals surface area contributed by atoms with E-state index in [2.05, 4.69) is 17.2 Å². The Hall–Kier alpha value is -2.54. The zero-order chi connectivity index (χ0) is 19.2. The number of nitrogen functional groups attached to an aromatic ring is 1. The zero-order valence-electron chi connectivity index (χ0n) is 15.3. The molecule has 0 saturated heterocycles. The second-order valence-corrected chi connectivity index (χ2v) is 5.76. The van der Waals surface area contributed by atoms with Crippen molar-refractivity contribution in [3.8, 4) is 0 Å². The van der Waals surface area contributed by atoms with Crippen molar-refractivity contribution in [2.75, 3.05) is 19.8 Å². The van der Waals surface area contributed by atoms with Crippen LogP contribution in [0, 0.1) is 5.41 Å². The van der Waals surface area contributed by atoms with Gasteiger partial charge < -0.3 is 26.8 Å². The van der Waals surface area contributed by atoms with Crippen LogP contribution in [0.15, 0.2) is 36.9 Å². The molecule has 0 atom stereocenters. The Bertz CT molecular complexity index is 493. The van der Waals surface area contributed by atoms with E-state index in [-0.39, 0.29) is 5.84 Å². The molecule has 7 N–H and O–H groups in total. The number of nitrogens with two attached hydrogens (primary N) is 2. The lowest BCUT2D eigenvalue weighted by molar-refractivity contribution is 0.0523. The number of nitrogens with one attached hydrogen (secondary N) is 3. The number of amidine groups is 1. The Morgan fingerprint density at radius 2 is 1.71 bits per heavy atom. The van der Waals surface area contributed by atoms with Gasteiger partial charge in [0.2, 0.25) is 0 Å². The summed E-state index contributed by atoms with van der Waals surface area (Å²) in [6.07, 6.45) is 0.865. The van der Waals surface area contributed by atoms with Gasteiger partial charge in [-0.2, -0.15) is 0 Å². The van der Waals surface area contributed by atoms with E-state index >= 15 is 0 Å². The van der Waals surface area contributed by atoms with Crippen LogP contribution in [0.5, 0.6) is 0 Å². The number of rotatable bonds is 3. The predicted molar refractivity (Wildman–Crippen MR) is 101 cm³/mol. The summed E-state index contributed by atoms with van der Waals surface area (Å²) in [4.78, 5) is 11.3. The highest BCUT2D eigenvalue weighted by molar-refractivity contribution is 5.87. The van der Waals surface area contributed by atoms with E-state index < -0.39 is 11.7 Å². The van der Waals surface area contributed by atoms with E-state index in [1.807, 2.05) is 47.0 Å². The molecule has 0 heterocycles. The quantitative estimate of drug-likeness (QED) is 0.328. The number of carbonyl (C=O) groups is 1. The lowest BCUT2D eigenvalue weighted by Gasteiger charge is -2.19. The normalized spacial score (nSPS) is 9.38. The molecule has 24 heavy (non-hydrogen) atoms. The SMILES string of the molecule is C=CC(=N)N.CC(C)(C)OC(=O)NCc1ccc(N)cc1.CNC. The van der Waals surface area contributed by atoms with Gasteiger partial charge in [0.1, 0.15) is 11.4 Å². The van der Waals surface area contributed by atoms with Crippen LogP contribution in [0.2, 0.25) is 0 Å². The zero-order valence-corrected chi connectivity index (χ0v) is 15.3. The highest BCUT2D eigenvalue weighted by atomic mass is 16.6. The van der Waals surface area contributed by atoms with Gasteiger partial charge >= 0.3 is 6.09 Å². The molecule has 7 nitrogen and oxygen atoms in total. The molecule has 1 aromatic rings. The molecule has 0 spiro atoms. The van der Waals surface area contributed by atoms with Crippen LogP contribution in [-0.4, -0.2) is 31.6 Å². The number of hydrogen-bond donors (Lipinski definition) is 5. The van der Waals surface area contributed by atoms with Crippen molar-refractivity contribution in [3.63, 3.8) is 0 Å². The summed E-state index contributed by atoms with van der Waals surface area (Å²) in [6.45, 7) is 9.14. The van der Waals surface area contributed by atoms with Gasteiger partial charge in [0.05, 0.1) is 0 Å². The van der Waals surface area contributed by atoms with Crippen LogP contribution in [0.4, 0.5) is 10.5 Å². The molecule has 0 saturated carbocycles. The molecule has 0 aliphatic carbocycles. The minimum absolute atomic E-state index is 0.0185. The fraction of sp³-hybridized carbons (Fsp3) is 0.412. The highest BCUT2D eigenvalue weighted by Crippen LogP contribution is 2.08. The summed E-state index contributed by atoms with van der Waals surface area (Å²) >= 11 is 0. The van der Waals surface area contributed by atoms with Crippen LogP contribution in [-0.2, 0) is 11.3 Å². The molecular formula is C17H31N5O2. The largest absolute Gasteiger partial charge is 0.444 e. The fourth-order valence-corrected chi connectivity index (χ4v) is 1.12. The first-order chi connectivity index (χ1) is 11.1. The maximum Gasteiger partial charge on any atom is 0.407 e. The maximum absolute atomic E-state index is 11.3. The van der Waals surface area contributed by atoms with Crippen LogP contribution in [0.3, 0.4) is 0 Å². The number of hydrogen-bond acceptors (Lipinski definition) is 5. The van der Waals surface area contributed by atoms with Gasteiger partial charge in [-0.1, -0.05) is 18.7 Å². The number of benzene rings is 1. The van der Waals surface area contributed by atoms with Gasteiger partial charge in [-0.15, -0.1) is 0 Å². The monoisotopic (exact) mass is 337 g/mol. The van der Waals surface area contributed by atoms with E-state index in [0.29, 0.717) is 12.2 Å². The van der Waals surface area contributed by atoms with Gasteiger partial charge in [0, 0.05) is 12.2 Å². The van der Waals surface area contributed by atoms with E-state index in [0.717, 1.165) is 5.56 Å². The maximum atomic E-state index is 11.3. The number of carbonyl (C=O) groups excluding carboxylic acids is 1. The lowest BCUT2D eigenvalue weighted by Crippen LogP contribution is -2.32. The third-order valence-corrected chi connectivity index (χ3v) is 2.04. The van der Waals surface area contributed by atoms with Crippen molar-refractivity contribution in [2.24, 2.45) is 5.73 Å². The predicted octanol–water partition coefficient (Wildman–Crippen LogP) is 2.24. The average Bonchev–Trinajstić information content (AvgIpc) is 2.46. The number of ether oxygens (including phenoxy) is 1. The molecular weight excluding hydrogens is 306 g/mol. The van der Waals surface area contributed by atoms with Crippen molar-refractivity contribution in [3.05, 3.63) is 42.5 Å². The fourth-order valence-electron chi connectivity index (χ4n) is 1.12. The first-order valence-corrected chi connectivity index (χ1v) is 7.42. The van der Waals surface area contributed by atoms with Crippen molar-refractivity contribution in [1.82, 2.24) is 10.6 Å². The third-order valence-electron chi connectivity index (χ3n) is 2.04. The van der Waals surface area contributed by atoms with E-state index in [1.54, 1.807) is 12.1 Å². The molecule has 0 radical (unpaired) electrons. The average molecular weight is 337 g/mol. The van der Waals surface area contributed by atoms with E-state index in [4.69, 9.17) is 21.6 Å². The van der Waals surface area contributed by atoms with Crippen molar-refractivity contribution < 1.29 is 9.53 Å². The molecule has 7 heteroatoms. The Balaban J connectivity index is 0. The van der Waals surface area contributed by atoms with Crippen molar-refractivity contribution in [1.29, 1.82) is 5.41 Å². The van der Waals surface area contributed by atoms with Crippen LogP contribution >= 0.6 is 0 Å². The van der Waals surface area contributed by atoms with Gasteiger partial charge in [-0.25, -0.2) is 4.79 Å². The second-order valence-electron chi connectivity index (χ2n) is 5.76. The molecule has 1 amide bonds. The van der Waals surface area contributed by atoms with Crippen molar-refractivity contribution >= 4 is 17.6 Å². The minimum atomic E-state index is -0.467. The number of anilines is 1. The first-order valence-electron chi connectivity index (χ1n) is 7.42. The minimum Gasteiger partial charge on any atom is -0.444 e. The number of alkyl carbamates (subject to hydrolysis) is 1. The first kappa shape index (κ1) is 23.7. The lowest BCUT2D eigenvalue weighted by atomic mass is 10.2. The molecule has 1 aromatic carbocycles. The van der Waals surface area contributed by atoms with E-state index in [1.165, 1.54) is 6.08 Å². The standard InChI is InChI=1S/C12H18N2O2.C3H6N2.C2H7N/c1-12(2,3)16-11(15)14-8-9-4-6-10(13)7-5-9;1-2-3(4)5;1-3-2/h4-7H,8,13H2,1-3H3,(H,14,15);2H,1H2,(H3,4,5);3H,1-2H3. The molecule has 0 bridgehead atoms. The second kappa shape index (κ2) is 13.0. The Labute approximate surface area is 145 Å². The highest BCUT2D eigenvalue weighted by Gasteiger charge is 2.15. The van der Waals surface area contributed by atoms with Crippen molar-refractivity contribution in [2.45, 2.75) is 32.9 Å². The Morgan fingerprint density at radius 3 is 2.04 bits per heavy atom. The topological polar surface area (TPSA) is 126 Å². The summed E-state index contributed by atoms with van der Waals surface area (Å²) in [7, 11) is 3.75. The van der Waals surface area contributed by atoms with E-state index in [9.17, 15) is 4.79 Å². The summed E-state index contributed by atoms with van der Waals surface area (Å²) in [5.41, 5.74) is 11.5. The Morgan fingerprint density at radius 1 is 1.29 bits per heavy atom. The van der Waals surface area contributed by atoms with Gasteiger partial charge in [0.15, 0.2) is 0 Å². The molecule has 0 aromatic heterocycles. The van der Waals surface area contributed by atoms with Crippen LogP contribution in [0.25, 0.3) is 0 Å². The van der Waals surface area contributed by atoms with Gasteiger partial charge in [0.25, 0.3) is 0 Å². The Kier molecular flexibility index (Phi) is 12.8. The summed E-state index contributed by atoms with van der Waals surface area (Å²) in [5.74, 6) is 0.0185. The molecule has 0 fully saturated rings. The summed E-state index contributed by atoms with van der Waals surface area (Å²) < 4.78 is 5.11. The molecule has 0 aliphatic rings. The van der Waals surface area contributed by atoms with Crippen LogP contribution in [0.1, 0.15) is 26.3 Å². The van der Waals surface area contributed by atoms with Gasteiger partial charge in [-0.05, 0) is 58.6 Å². The molecule has 136 valence electrons.